The Bertz CT molecular complexity index is 421. The zero-order valence-corrected chi connectivity index (χ0v) is 11.7. The molecule has 0 saturated carbocycles. The molecule has 20 heavy (non-hydrogen) atoms. The third-order valence-corrected chi connectivity index (χ3v) is 3.94. The summed E-state index contributed by atoms with van der Waals surface area (Å²) in [4.78, 5) is 12.7. The van der Waals surface area contributed by atoms with Crippen LogP contribution in [0.3, 0.4) is 0 Å². The van der Waals surface area contributed by atoms with E-state index in [1.54, 1.807) is 0 Å². The number of carbonyl (C=O) groups excluding carboxylic acids is 1. The Kier molecular flexibility index (Phi) is 5.68. The molecule has 1 aromatic rings. The maximum Gasteiger partial charge on any atom is 0.148 e. The summed E-state index contributed by atoms with van der Waals surface area (Å²) in [6, 6.07) is 6.72. The predicted octanol–water partition coefficient (Wildman–Crippen LogP) is 2.03. The van der Waals surface area contributed by atoms with Crippen molar-refractivity contribution in [1.82, 2.24) is 4.90 Å². The second-order valence-electron chi connectivity index (χ2n) is 5.63. The summed E-state index contributed by atoms with van der Waals surface area (Å²) >= 11 is 0. The van der Waals surface area contributed by atoms with Gasteiger partial charge in [-0.25, -0.2) is 4.39 Å². The van der Waals surface area contributed by atoms with Crippen molar-refractivity contribution in [2.24, 2.45) is 5.92 Å². The fourth-order valence-electron chi connectivity index (χ4n) is 2.86. The lowest BCUT2D eigenvalue weighted by Crippen LogP contribution is -2.38. The Morgan fingerprint density at radius 3 is 2.85 bits per heavy atom. The molecule has 4 heteroatoms. The molecule has 2 rings (SSSR count). The summed E-state index contributed by atoms with van der Waals surface area (Å²) in [5, 5.41) is 9.29. The van der Waals surface area contributed by atoms with Crippen molar-refractivity contribution >= 4 is 6.29 Å². The van der Waals surface area contributed by atoms with Crippen LogP contribution in [0.25, 0.3) is 0 Å². The Labute approximate surface area is 119 Å². The molecule has 0 bridgehead atoms. The van der Waals surface area contributed by atoms with E-state index >= 15 is 0 Å². The van der Waals surface area contributed by atoms with Crippen molar-refractivity contribution in [3.63, 3.8) is 0 Å². The van der Waals surface area contributed by atoms with Crippen LogP contribution in [-0.2, 0) is 11.2 Å². The SMILES string of the molecule is O=CC(O)CCN1CCCC(Cc2ccc(F)cc2)C1. The quantitative estimate of drug-likeness (QED) is 0.810. The number of carbonyl (C=O) groups is 1. The largest absolute Gasteiger partial charge is 0.386 e. The molecule has 1 saturated heterocycles. The molecule has 110 valence electrons. The fraction of sp³-hybridized carbons (Fsp3) is 0.562. The summed E-state index contributed by atoms with van der Waals surface area (Å²) in [6.07, 6.45) is 3.56. The minimum Gasteiger partial charge on any atom is -0.386 e. The number of aliphatic hydroxyl groups excluding tert-OH is 1. The number of hydrogen-bond donors (Lipinski definition) is 1. The summed E-state index contributed by atoms with van der Waals surface area (Å²) in [6.45, 7) is 2.79. The lowest BCUT2D eigenvalue weighted by molar-refractivity contribution is -0.115. The minimum atomic E-state index is -0.840. The van der Waals surface area contributed by atoms with Crippen LogP contribution >= 0.6 is 0 Å². The molecule has 0 spiro atoms. The van der Waals surface area contributed by atoms with Gasteiger partial charge in [0.1, 0.15) is 18.2 Å². The molecule has 0 radical (unpaired) electrons. The average molecular weight is 279 g/mol. The molecule has 2 unspecified atom stereocenters. The molecule has 1 aliphatic rings. The van der Waals surface area contributed by atoms with Crippen LogP contribution in [0.15, 0.2) is 24.3 Å². The highest BCUT2D eigenvalue weighted by molar-refractivity contribution is 5.55. The van der Waals surface area contributed by atoms with Crippen molar-refractivity contribution in [1.29, 1.82) is 0 Å². The second-order valence-corrected chi connectivity index (χ2v) is 5.63. The first-order valence-electron chi connectivity index (χ1n) is 7.27. The van der Waals surface area contributed by atoms with Crippen LogP contribution in [-0.4, -0.2) is 42.0 Å². The Morgan fingerprint density at radius 1 is 1.40 bits per heavy atom. The van der Waals surface area contributed by atoms with Gasteiger partial charge in [0, 0.05) is 13.1 Å². The van der Waals surface area contributed by atoms with Crippen LogP contribution in [0.2, 0.25) is 0 Å². The van der Waals surface area contributed by atoms with Gasteiger partial charge in [-0.15, -0.1) is 0 Å². The van der Waals surface area contributed by atoms with Crippen LogP contribution in [0, 0.1) is 11.7 Å². The third kappa shape index (κ3) is 4.69. The van der Waals surface area contributed by atoms with Gasteiger partial charge in [0.25, 0.3) is 0 Å². The van der Waals surface area contributed by atoms with Crippen molar-refractivity contribution in [3.05, 3.63) is 35.6 Å². The zero-order valence-electron chi connectivity index (χ0n) is 11.7. The topological polar surface area (TPSA) is 40.5 Å². The molecular formula is C16H22FNO2. The lowest BCUT2D eigenvalue weighted by Gasteiger charge is -2.33. The Balaban J connectivity index is 1.80. The van der Waals surface area contributed by atoms with Crippen LogP contribution < -0.4 is 0 Å². The highest BCUT2D eigenvalue weighted by atomic mass is 19.1. The van der Waals surface area contributed by atoms with Gasteiger partial charge in [-0.2, -0.15) is 0 Å². The first-order valence-corrected chi connectivity index (χ1v) is 7.27. The maximum atomic E-state index is 12.9. The van der Waals surface area contributed by atoms with E-state index in [4.69, 9.17) is 0 Å². The van der Waals surface area contributed by atoms with E-state index in [1.165, 1.54) is 24.1 Å². The van der Waals surface area contributed by atoms with Gasteiger partial charge in [-0.3, -0.25) is 0 Å². The summed E-state index contributed by atoms with van der Waals surface area (Å²) < 4.78 is 12.9. The molecular weight excluding hydrogens is 257 g/mol. The van der Waals surface area contributed by atoms with Gasteiger partial charge in [-0.05, 0) is 55.8 Å². The molecule has 1 heterocycles. The molecule has 1 aromatic carbocycles. The first-order chi connectivity index (χ1) is 9.67. The van der Waals surface area contributed by atoms with Crippen LogP contribution in [0.4, 0.5) is 4.39 Å². The molecule has 0 aliphatic carbocycles. The van der Waals surface area contributed by atoms with Gasteiger partial charge in [-0.1, -0.05) is 12.1 Å². The zero-order chi connectivity index (χ0) is 14.4. The van der Waals surface area contributed by atoms with E-state index in [1.807, 2.05) is 12.1 Å². The monoisotopic (exact) mass is 279 g/mol. The number of piperidine rings is 1. The standard InChI is InChI=1S/C16H22FNO2/c17-15-5-3-13(4-6-15)10-14-2-1-8-18(11-14)9-7-16(20)12-19/h3-6,12,14,16,20H,1-2,7-11H2. The highest BCUT2D eigenvalue weighted by Gasteiger charge is 2.20. The van der Waals surface area contributed by atoms with Crippen LogP contribution in [0.5, 0.6) is 0 Å². The van der Waals surface area contributed by atoms with Crippen molar-refractivity contribution < 1.29 is 14.3 Å². The van der Waals surface area contributed by atoms with Gasteiger partial charge < -0.3 is 14.8 Å². The molecule has 2 atom stereocenters. The lowest BCUT2D eigenvalue weighted by atomic mass is 9.91. The Hall–Kier alpha value is -1.26. The molecule has 1 N–H and O–H groups in total. The number of likely N-dealkylation sites (tertiary alicyclic amines) is 1. The Morgan fingerprint density at radius 2 is 2.15 bits per heavy atom. The van der Waals surface area contributed by atoms with E-state index in [0.29, 0.717) is 18.6 Å². The van der Waals surface area contributed by atoms with Crippen molar-refractivity contribution in [3.8, 4) is 0 Å². The van der Waals surface area contributed by atoms with Gasteiger partial charge >= 0.3 is 0 Å². The number of halogens is 1. The molecule has 0 aromatic heterocycles. The highest BCUT2D eigenvalue weighted by Crippen LogP contribution is 2.21. The normalized spacial score (nSPS) is 21.6. The number of rotatable bonds is 6. The summed E-state index contributed by atoms with van der Waals surface area (Å²) in [5.74, 6) is 0.379. The summed E-state index contributed by atoms with van der Waals surface area (Å²) in [5.41, 5.74) is 1.17. The summed E-state index contributed by atoms with van der Waals surface area (Å²) in [7, 11) is 0. The van der Waals surface area contributed by atoms with E-state index < -0.39 is 6.10 Å². The van der Waals surface area contributed by atoms with Crippen molar-refractivity contribution in [2.45, 2.75) is 31.8 Å². The van der Waals surface area contributed by atoms with E-state index in [2.05, 4.69) is 4.90 Å². The van der Waals surface area contributed by atoms with Crippen LogP contribution in [0.1, 0.15) is 24.8 Å². The number of aliphatic hydroxyl groups is 1. The van der Waals surface area contributed by atoms with Gasteiger partial charge in [0.05, 0.1) is 0 Å². The molecule has 1 aliphatic heterocycles. The number of aldehydes is 1. The third-order valence-electron chi connectivity index (χ3n) is 3.94. The maximum absolute atomic E-state index is 12.9. The molecule has 3 nitrogen and oxygen atoms in total. The molecule has 0 amide bonds. The second kappa shape index (κ2) is 7.50. The number of hydrogen-bond acceptors (Lipinski definition) is 3. The first kappa shape index (κ1) is 15.1. The van der Waals surface area contributed by atoms with E-state index in [0.717, 1.165) is 32.5 Å². The predicted molar refractivity (Wildman–Crippen MR) is 76.0 cm³/mol. The van der Waals surface area contributed by atoms with E-state index in [9.17, 15) is 14.3 Å². The minimum absolute atomic E-state index is 0.193. The molecule has 1 fully saturated rings. The van der Waals surface area contributed by atoms with E-state index in [-0.39, 0.29) is 5.82 Å². The van der Waals surface area contributed by atoms with Gasteiger partial charge in [0.15, 0.2) is 0 Å². The van der Waals surface area contributed by atoms with Crippen molar-refractivity contribution in [2.75, 3.05) is 19.6 Å². The average Bonchev–Trinajstić information content (AvgIpc) is 2.47. The smallest absolute Gasteiger partial charge is 0.148 e. The fourth-order valence-corrected chi connectivity index (χ4v) is 2.86. The van der Waals surface area contributed by atoms with Gasteiger partial charge in [0.2, 0.25) is 0 Å². The number of benzene rings is 1. The number of nitrogens with zero attached hydrogens (tertiary/aromatic N) is 1.